The zero-order chi connectivity index (χ0) is 12.7. The summed E-state index contributed by atoms with van der Waals surface area (Å²) in [4.78, 5) is 6.64. The van der Waals surface area contributed by atoms with Gasteiger partial charge < -0.3 is 15.4 Å². The molecule has 0 aliphatic rings. The fraction of sp³-hybridized carbons (Fsp3) is 0.615. The highest BCUT2D eigenvalue weighted by Gasteiger charge is 2.13. The fourth-order valence-electron chi connectivity index (χ4n) is 1.76. The standard InChI is InChI=1S/C13H23N3O/c1-4-16(9-10-17-5-2)13-12(11(3)14)7-6-8-15-13/h6-8,11H,4-5,9-10,14H2,1-3H3/t11-/m1/s1. The summed E-state index contributed by atoms with van der Waals surface area (Å²) in [6.07, 6.45) is 1.81. The van der Waals surface area contributed by atoms with Crippen molar-refractivity contribution < 1.29 is 4.74 Å². The average molecular weight is 237 g/mol. The third kappa shape index (κ3) is 3.98. The van der Waals surface area contributed by atoms with Crippen molar-refractivity contribution in [2.45, 2.75) is 26.8 Å². The molecule has 96 valence electrons. The summed E-state index contributed by atoms with van der Waals surface area (Å²) in [5, 5.41) is 0. The van der Waals surface area contributed by atoms with Crippen molar-refractivity contribution in [1.82, 2.24) is 4.98 Å². The summed E-state index contributed by atoms with van der Waals surface area (Å²) in [7, 11) is 0. The van der Waals surface area contributed by atoms with E-state index in [1.54, 1.807) is 0 Å². The number of anilines is 1. The molecule has 0 unspecified atom stereocenters. The number of nitrogens with two attached hydrogens (primary N) is 1. The van der Waals surface area contributed by atoms with E-state index in [1.165, 1.54) is 0 Å². The van der Waals surface area contributed by atoms with Crippen LogP contribution in [-0.4, -0.2) is 31.3 Å². The molecule has 0 aromatic carbocycles. The quantitative estimate of drug-likeness (QED) is 0.737. The predicted molar refractivity (Wildman–Crippen MR) is 71.2 cm³/mol. The molecule has 0 aliphatic carbocycles. The van der Waals surface area contributed by atoms with E-state index in [0.717, 1.165) is 37.7 Å². The Morgan fingerprint density at radius 3 is 2.82 bits per heavy atom. The second-order valence-electron chi connectivity index (χ2n) is 3.98. The minimum Gasteiger partial charge on any atom is -0.380 e. The van der Waals surface area contributed by atoms with E-state index in [9.17, 15) is 0 Å². The Kier molecular flexibility index (Phi) is 5.94. The zero-order valence-corrected chi connectivity index (χ0v) is 11.0. The fourth-order valence-corrected chi connectivity index (χ4v) is 1.76. The van der Waals surface area contributed by atoms with Gasteiger partial charge in [0.25, 0.3) is 0 Å². The summed E-state index contributed by atoms with van der Waals surface area (Å²) >= 11 is 0. The van der Waals surface area contributed by atoms with Crippen molar-refractivity contribution in [3.63, 3.8) is 0 Å². The van der Waals surface area contributed by atoms with Gasteiger partial charge in [0, 0.05) is 37.5 Å². The van der Waals surface area contributed by atoms with Crippen molar-refractivity contribution in [3.8, 4) is 0 Å². The largest absolute Gasteiger partial charge is 0.380 e. The van der Waals surface area contributed by atoms with Crippen LogP contribution in [0.3, 0.4) is 0 Å². The maximum absolute atomic E-state index is 5.96. The van der Waals surface area contributed by atoms with Gasteiger partial charge in [-0.2, -0.15) is 0 Å². The van der Waals surface area contributed by atoms with Crippen molar-refractivity contribution >= 4 is 5.82 Å². The lowest BCUT2D eigenvalue weighted by atomic mass is 10.1. The SMILES string of the molecule is CCOCCN(CC)c1ncccc1[C@@H](C)N. The first kappa shape index (κ1) is 13.9. The number of nitrogens with zero attached hydrogens (tertiary/aromatic N) is 2. The van der Waals surface area contributed by atoms with Crippen molar-refractivity contribution in [2.75, 3.05) is 31.2 Å². The normalized spacial score (nSPS) is 12.5. The Morgan fingerprint density at radius 2 is 2.24 bits per heavy atom. The topological polar surface area (TPSA) is 51.4 Å². The molecule has 0 amide bonds. The Morgan fingerprint density at radius 1 is 1.47 bits per heavy atom. The Hall–Kier alpha value is -1.13. The third-order valence-electron chi connectivity index (χ3n) is 2.70. The van der Waals surface area contributed by atoms with Gasteiger partial charge in [0.05, 0.1) is 6.61 Å². The van der Waals surface area contributed by atoms with Gasteiger partial charge in [0.15, 0.2) is 0 Å². The number of hydrogen-bond donors (Lipinski definition) is 1. The molecule has 1 aromatic rings. The van der Waals surface area contributed by atoms with E-state index < -0.39 is 0 Å². The lowest BCUT2D eigenvalue weighted by Crippen LogP contribution is -2.29. The predicted octanol–water partition coefficient (Wildman–Crippen LogP) is 1.96. The molecular weight excluding hydrogens is 214 g/mol. The summed E-state index contributed by atoms with van der Waals surface area (Å²) in [6, 6.07) is 3.97. The summed E-state index contributed by atoms with van der Waals surface area (Å²) < 4.78 is 5.39. The van der Waals surface area contributed by atoms with Crippen LogP contribution in [0.2, 0.25) is 0 Å². The number of hydrogen-bond acceptors (Lipinski definition) is 4. The first-order valence-corrected chi connectivity index (χ1v) is 6.23. The molecule has 0 spiro atoms. The molecule has 1 rings (SSSR count). The first-order valence-electron chi connectivity index (χ1n) is 6.23. The Balaban J connectivity index is 2.79. The summed E-state index contributed by atoms with van der Waals surface area (Å²) in [5.41, 5.74) is 7.05. The van der Waals surface area contributed by atoms with Gasteiger partial charge in [-0.15, -0.1) is 0 Å². The molecule has 4 heteroatoms. The number of ether oxygens (including phenoxy) is 1. The van der Waals surface area contributed by atoms with Crippen molar-refractivity contribution in [3.05, 3.63) is 23.9 Å². The van der Waals surface area contributed by atoms with Gasteiger partial charge >= 0.3 is 0 Å². The molecule has 0 bridgehead atoms. The van der Waals surface area contributed by atoms with Gasteiger partial charge in [0.1, 0.15) is 5.82 Å². The maximum atomic E-state index is 5.96. The number of pyridine rings is 1. The maximum Gasteiger partial charge on any atom is 0.133 e. The Labute approximate surface area is 104 Å². The molecule has 0 radical (unpaired) electrons. The lowest BCUT2D eigenvalue weighted by molar-refractivity contribution is 0.154. The molecule has 1 heterocycles. The van der Waals surface area contributed by atoms with Crippen molar-refractivity contribution in [2.24, 2.45) is 5.73 Å². The van der Waals surface area contributed by atoms with Crippen LogP contribution in [0.4, 0.5) is 5.82 Å². The van der Waals surface area contributed by atoms with Crippen LogP contribution in [0.1, 0.15) is 32.4 Å². The molecule has 0 aliphatic heterocycles. The molecule has 1 atom stereocenters. The van der Waals surface area contributed by atoms with Crippen LogP contribution < -0.4 is 10.6 Å². The number of rotatable bonds is 7. The van der Waals surface area contributed by atoms with Crippen LogP contribution in [0, 0.1) is 0 Å². The van der Waals surface area contributed by atoms with Gasteiger partial charge in [-0.25, -0.2) is 4.98 Å². The van der Waals surface area contributed by atoms with Gasteiger partial charge in [-0.3, -0.25) is 0 Å². The average Bonchev–Trinajstić information content (AvgIpc) is 2.35. The highest BCUT2D eigenvalue weighted by molar-refractivity contribution is 5.48. The van der Waals surface area contributed by atoms with Crippen LogP contribution >= 0.6 is 0 Å². The van der Waals surface area contributed by atoms with Crippen LogP contribution in [0.25, 0.3) is 0 Å². The first-order chi connectivity index (χ1) is 8.20. The summed E-state index contributed by atoms with van der Waals surface area (Å²) in [5.74, 6) is 0.977. The molecule has 17 heavy (non-hydrogen) atoms. The van der Waals surface area contributed by atoms with E-state index in [2.05, 4.69) is 16.8 Å². The number of aromatic nitrogens is 1. The monoisotopic (exact) mass is 237 g/mol. The second-order valence-corrected chi connectivity index (χ2v) is 3.98. The van der Waals surface area contributed by atoms with E-state index in [4.69, 9.17) is 10.5 Å². The molecule has 0 fully saturated rings. The van der Waals surface area contributed by atoms with Crippen LogP contribution in [-0.2, 0) is 4.74 Å². The second kappa shape index (κ2) is 7.25. The zero-order valence-electron chi connectivity index (χ0n) is 11.0. The molecule has 2 N–H and O–H groups in total. The Bertz CT molecular complexity index is 328. The van der Waals surface area contributed by atoms with E-state index in [0.29, 0.717) is 0 Å². The van der Waals surface area contributed by atoms with Crippen molar-refractivity contribution in [1.29, 1.82) is 0 Å². The molecular formula is C13H23N3O. The molecule has 1 aromatic heterocycles. The lowest BCUT2D eigenvalue weighted by Gasteiger charge is -2.25. The van der Waals surface area contributed by atoms with E-state index in [1.807, 2.05) is 32.2 Å². The summed E-state index contributed by atoms with van der Waals surface area (Å²) in [6.45, 7) is 9.33. The number of likely N-dealkylation sites (N-methyl/N-ethyl adjacent to an activating group) is 1. The highest BCUT2D eigenvalue weighted by Crippen LogP contribution is 2.21. The third-order valence-corrected chi connectivity index (χ3v) is 2.70. The van der Waals surface area contributed by atoms with Gasteiger partial charge in [0.2, 0.25) is 0 Å². The van der Waals surface area contributed by atoms with Crippen LogP contribution in [0.5, 0.6) is 0 Å². The van der Waals surface area contributed by atoms with Gasteiger partial charge in [-0.05, 0) is 26.8 Å². The van der Waals surface area contributed by atoms with E-state index in [-0.39, 0.29) is 6.04 Å². The molecule has 0 saturated heterocycles. The van der Waals surface area contributed by atoms with E-state index >= 15 is 0 Å². The van der Waals surface area contributed by atoms with Crippen LogP contribution in [0.15, 0.2) is 18.3 Å². The van der Waals surface area contributed by atoms with Gasteiger partial charge in [-0.1, -0.05) is 6.07 Å². The smallest absolute Gasteiger partial charge is 0.133 e. The minimum atomic E-state index is -0.000145. The highest BCUT2D eigenvalue weighted by atomic mass is 16.5. The molecule has 0 saturated carbocycles. The molecule has 4 nitrogen and oxygen atoms in total. The minimum absolute atomic E-state index is 0.000145.